The van der Waals surface area contributed by atoms with Crippen molar-refractivity contribution in [1.82, 2.24) is 14.0 Å². The smallest absolute Gasteiger partial charge is 0.220 e. The van der Waals surface area contributed by atoms with Crippen molar-refractivity contribution in [3.63, 3.8) is 0 Å². The minimum atomic E-state index is -3.10. The molecule has 3 heterocycles. The summed E-state index contributed by atoms with van der Waals surface area (Å²) in [7, 11) is -1.56. The summed E-state index contributed by atoms with van der Waals surface area (Å²) in [4.78, 5) is 5.26. The summed E-state index contributed by atoms with van der Waals surface area (Å²) in [6.07, 6.45) is 2.34. The van der Waals surface area contributed by atoms with Crippen LogP contribution in [0.25, 0.3) is 33.5 Å². The fourth-order valence-electron chi connectivity index (χ4n) is 9.25. The van der Waals surface area contributed by atoms with Crippen LogP contribution in [0.2, 0.25) is 12.1 Å². The molecule has 9 aromatic rings. The summed E-state index contributed by atoms with van der Waals surface area (Å²) >= 11 is 0. The van der Waals surface area contributed by atoms with Gasteiger partial charge in [-0.05, 0) is 74.3 Å². The van der Waals surface area contributed by atoms with Gasteiger partial charge < -0.3 is 4.74 Å². The predicted molar refractivity (Wildman–Crippen MR) is 242 cm³/mol. The highest BCUT2D eigenvalue weighted by Gasteiger charge is 2.49. The van der Waals surface area contributed by atoms with Gasteiger partial charge in [-0.25, -0.2) is 4.98 Å². The number of hydrogen-bond donors (Lipinski definition) is 0. The lowest BCUT2D eigenvalue weighted by Crippen LogP contribution is -2.75. The Balaban J connectivity index is 1.30. The molecule has 4 nitrogen and oxygen atoms in total. The van der Waals surface area contributed by atoms with E-state index in [-0.39, 0.29) is 4.66 Å². The van der Waals surface area contributed by atoms with Crippen molar-refractivity contribution in [2.45, 2.75) is 43.4 Å². The number of aromatic nitrogens is 3. The van der Waals surface area contributed by atoms with Crippen LogP contribution in [0.15, 0.2) is 176 Å². The minimum Gasteiger partial charge on any atom is -0.457 e. The van der Waals surface area contributed by atoms with Crippen LogP contribution in [-0.4, -0.2) is 41.1 Å². The van der Waals surface area contributed by atoms with Gasteiger partial charge in [0.25, 0.3) is 0 Å². The average molecular weight is 786 g/mol. The molecule has 0 spiro atoms. The summed E-state index contributed by atoms with van der Waals surface area (Å²) in [5.41, 5.74) is 8.19. The third-order valence-corrected chi connectivity index (χ3v) is 21.1. The van der Waals surface area contributed by atoms with Gasteiger partial charge in [0.05, 0.1) is 41.1 Å². The zero-order valence-corrected chi connectivity index (χ0v) is 35.3. The molecule has 0 fully saturated rings. The molecular weight excluding hydrogens is 743 g/mol. The van der Waals surface area contributed by atoms with E-state index in [4.69, 9.17) is 9.72 Å². The first-order valence-corrected chi connectivity index (χ1v) is 24.6. The molecule has 1 aliphatic rings. The second kappa shape index (κ2) is 14.6. The second-order valence-corrected chi connectivity index (χ2v) is 22.5. The Bertz CT molecular complexity index is 2840. The third-order valence-electron chi connectivity index (χ3n) is 11.7. The number of fused-ring (bicyclic) bond motifs is 7. The van der Waals surface area contributed by atoms with Crippen molar-refractivity contribution >= 4 is 75.7 Å². The molecule has 0 N–H and O–H groups in total. The molecular formula is C50H43N3OSi3. The van der Waals surface area contributed by atoms with Crippen molar-refractivity contribution in [1.29, 1.82) is 0 Å². The molecule has 0 unspecified atom stereocenters. The van der Waals surface area contributed by atoms with Crippen LogP contribution < -0.4 is 25.5 Å². The highest BCUT2D eigenvalue weighted by Crippen LogP contribution is 2.48. The lowest BCUT2D eigenvalue weighted by molar-refractivity contribution is 0.455. The van der Waals surface area contributed by atoms with Crippen molar-refractivity contribution in [3.05, 3.63) is 187 Å². The standard InChI is InChI=1S/C50H43N3OSi3/c1-3-33-55-50(56-34-4-2)40-25-11-16-31-46(40)54-48-41(50)26-18-32-47(48)57(37-20-7-5-8-21-37,38-22-9-6-10-23-38)39-24-17-19-36(35-39)52-44-29-14-15-30-45(44)53-43-28-13-12-27-42(43)51-49(52)53/h5-32,35H,3-4,33-34H2,1-2H3. The topological polar surface area (TPSA) is 31.5 Å². The number of nitrogens with zero attached hydrogens (tertiary/aromatic N) is 3. The first-order chi connectivity index (χ1) is 28.2. The molecule has 0 saturated carbocycles. The summed E-state index contributed by atoms with van der Waals surface area (Å²) < 4.78 is 11.9. The number of ether oxygens (including phenoxy) is 1. The quantitative estimate of drug-likeness (QED) is 0.0969. The fraction of sp³-hybridized carbons (Fsp3) is 0.140. The SMILES string of the molecule is CCC[Si]C1([Si]CCC)c2ccccc2Oc2c1cccc2[Si](c1ccccc1)(c1ccccc1)c1cccc(-n2c3ccccc3n3c4ccccc4nc23)c1. The molecule has 4 radical (unpaired) electrons. The van der Waals surface area contributed by atoms with Crippen molar-refractivity contribution in [3.8, 4) is 17.2 Å². The zero-order chi connectivity index (χ0) is 38.4. The molecule has 7 aromatic carbocycles. The summed E-state index contributed by atoms with van der Waals surface area (Å²) in [5, 5.41) is 5.26. The molecule has 7 heteroatoms. The van der Waals surface area contributed by atoms with Gasteiger partial charge in [0, 0.05) is 10.3 Å². The van der Waals surface area contributed by atoms with E-state index >= 15 is 0 Å². The molecule has 0 saturated heterocycles. The number of para-hydroxylation sites is 6. The van der Waals surface area contributed by atoms with E-state index in [2.05, 4.69) is 199 Å². The molecule has 276 valence electrons. The van der Waals surface area contributed by atoms with Crippen LogP contribution in [0.1, 0.15) is 37.8 Å². The van der Waals surface area contributed by atoms with E-state index < -0.39 is 8.07 Å². The second-order valence-electron chi connectivity index (χ2n) is 15.0. The highest BCUT2D eigenvalue weighted by molar-refractivity contribution is 7.20. The number of rotatable bonds is 11. The van der Waals surface area contributed by atoms with Crippen LogP contribution in [0.4, 0.5) is 0 Å². The Morgan fingerprint density at radius 3 is 1.86 bits per heavy atom. The maximum Gasteiger partial charge on any atom is 0.220 e. The van der Waals surface area contributed by atoms with Crippen LogP contribution in [0.5, 0.6) is 11.5 Å². The van der Waals surface area contributed by atoms with Crippen LogP contribution in [0, 0.1) is 0 Å². The Morgan fingerprint density at radius 2 is 1.14 bits per heavy atom. The normalized spacial score (nSPS) is 13.4. The zero-order valence-electron chi connectivity index (χ0n) is 32.3. The van der Waals surface area contributed by atoms with E-state index in [1.54, 1.807) is 0 Å². The van der Waals surface area contributed by atoms with Gasteiger partial charge in [-0.3, -0.25) is 8.97 Å². The van der Waals surface area contributed by atoms with Gasteiger partial charge in [0.2, 0.25) is 5.78 Å². The molecule has 2 aromatic heterocycles. The highest BCUT2D eigenvalue weighted by atomic mass is 28.3. The van der Waals surface area contributed by atoms with E-state index in [0.717, 1.165) is 64.1 Å². The predicted octanol–water partition coefficient (Wildman–Crippen LogP) is 9.18. The van der Waals surface area contributed by atoms with E-state index in [9.17, 15) is 0 Å². The number of imidazole rings is 2. The Kier molecular flexibility index (Phi) is 9.16. The van der Waals surface area contributed by atoms with Crippen LogP contribution in [0.3, 0.4) is 0 Å². The van der Waals surface area contributed by atoms with Crippen molar-refractivity contribution in [2.24, 2.45) is 0 Å². The first-order valence-electron chi connectivity index (χ1n) is 20.2. The molecule has 0 aliphatic carbocycles. The summed E-state index contributed by atoms with van der Waals surface area (Å²) in [6, 6.07) is 67.5. The first kappa shape index (κ1) is 35.7. The third kappa shape index (κ3) is 5.55. The van der Waals surface area contributed by atoms with Crippen molar-refractivity contribution in [2.75, 3.05) is 0 Å². The molecule has 10 rings (SSSR count). The fourth-order valence-corrected chi connectivity index (χ4v) is 18.2. The van der Waals surface area contributed by atoms with E-state index in [1.807, 2.05) is 0 Å². The molecule has 0 atom stereocenters. The number of hydrogen-bond acceptors (Lipinski definition) is 2. The maximum absolute atomic E-state index is 7.37. The Labute approximate surface area is 340 Å². The van der Waals surface area contributed by atoms with E-state index in [1.165, 1.54) is 56.8 Å². The lowest BCUT2D eigenvalue weighted by atomic mass is 9.98. The lowest BCUT2D eigenvalue weighted by Gasteiger charge is -2.43. The average Bonchev–Trinajstić information content (AvgIpc) is 3.81. The van der Waals surface area contributed by atoms with E-state index in [0.29, 0.717) is 0 Å². The van der Waals surface area contributed by atoms with Gasteiger partial charge in [-0.15, -0.1) is 0 Å². The van der Waals surface area contributed by atoms with Crippen LogP contribution >= 0.6 is 0 Å². The van der Waals surface area contributed by atoms with Gasteiger partial charge in [0.15, 0.2) is 8.07 Å². The molecule has 57 heavy (non-hydrogen) atoms. The molecule has 0 bridgehead atoms. The largest absolute Gasteiger partial charge is 0.457 e. The summed E-state index contributed by atoms with van der Waals surface area (Å²) in [5.74, 6) is 2.98. The van der Waals surface area contributed by atoms with Crippen molar-refractivity contribution < 1.29 is 4.74 Å². The monoisotopic (exact) mass is 785 g/mol. The summed E-state index contributed by atoms with van der Waals surface area (Å²) in [6.45, 7) is 4.66. The van der Waals surface area contributed by atoms with Gasteiger partial charge >= 0.3 is 0 Å². The van der Waals surface area contributed by atoms with Gasteiger partial charge in [-0.1, -0.05) is 172 Å². The number of benzene rings is 7. The minimum absolute atomic E-state index is 0.0834. The molecule has 1 aliphatic heterocycles. The van der Waals surface area contributed by atoms with Crippen LogP contribution in [-0.2, 0) is 4.66 Å². The Hall–Kier alpha value is -5.74. The van der Waals surface area contributed by atoms with Gasteiger partial charge in [-0.2, -0.15) is 0 Å². The van der Waals surface area contributed by atoms with Gasteiger partial charge in [0.1, 0.15) is 11.5 Å². The Morgan fingerprint density at radius 1 is 0.561 bits per heavy atom. The molecule has 0 amide bonds. The maximum atomic E-state index is 7.37.